The van der Waals surface area contributed by atoms with Crippen LogP contribution in [0.3, 0.4) is 0 Å². The highest BCUT2D eigenvalue weighted by atomic mass is 16.5. The van der Waals surface area contributed by atoms with Crippen molar-refractivity contribution in [2.75, 3.05) is 12.8 Å². The number of carbonyl (C=O) groups excluding carboxylic acids is 1. The van der Waals surface area contributed by atoms with E-state index in [1.165, 1.54) is 7.11 Å². The first-order valence-electron chi connectivity index (χ1n) is 5.11. The van der Waals surface area contributed by atoms with Gasteiger partial charge in [0.1, 0.15) is 5.82 Å². The number of hydrogen-bond donors (Lipinski definition) is 1. The highest BCUT2D eigenvalue weighted by molar-refractivity contribution is 5.91. The fourth-order valence-corrected chi connectivity index (χ4v) is 1.65. The van der Waals surface area contributed by atoms with Crippen molar-refractivity contribution in [1.29, 1.82) is 0 Å². The Morgan fingerprint density at radius 2 is 2.24 bits per heavy atom. The molecule has 1 aromatic carbocycles. The minimum absolute atomic E-state index is 0.398. The predicted octanol–water partition coefficient (Wildman–Crippen LogP) is 1.55. The molecule has 88 valence electrons. The molecule has 0 amide bonds. The SMILES string of the molecule is COC(=O)c1ccc(-n2ccnc2C)c(N)c1. The lowest BCUT2D eigenvalue weighted by atomic mass is 10.1. The predicted molar refractivity (Wildman–Crippen MR) is 64.1 cm³/mol. The number of methoxy groups -OCH3 is 1. The van der Waals surface area contributed by atoms with Crippen LogP contribution >= 0.6 is 0 Å². The molecule has 0 saturated carbocycles. The van der Waals surface area contributed by atoms with Gasteiger partial charge in [-0.05, 0) is 25.1 Å². The first kappa shape index (κ1) is 11.2. The number of aromatic nitrogens is 2. The Bertz CT molecular complexity index is 561. The average molecular weight is 231 g/mol. The second-order valence-corrected chi connectivity index (χ2v) is 3.61. The van der Waals surface area contributed by atoms with E-state index in [0.29, 0.717) is 11.3 Å². The van der Waals surface area contributed by atoms with Gasteiger partial charge in [0.15, 0.2) is 0 Å². The summed E-state index contributed by atoms with van der Waals surface area (Å²) in [5.74, 6) is 0.438. The van der Waals surface area contributed by atoms with E-state index in [1.807, 2.05) is 17.7 Å². The molecule has 0 aliphatic heterocycles. The lowest BCUT2D eigenvalue weighted by Crippen LogP contribution is -2.05. The Labute approximate surface area is 98.8 Å². The Morgan fingerprint density at radius 1 is 1.47 bits per heavy atom. The van der Waals surface area contributed by atoms with Crippen LogP contribution in [0.25, 0.3) is 5.69 Å². The van der Waals surface area contributed by atoms with Crippen LogP contribution in [-0.4, -0.2) is 22.6 Å². The number of anilines is 1. The van der Waals surface area contributed by atoms with Crippen molar-refractivity contribution in [1.82, 2.24) is 9.55 Å². The second kappa shape index (κ2) is 4.29. The molecule has 2 rings (SSSR count). The maximum atomic E-state index is 11.3. The lowest BCUT2D eigenvalue weighted by Gasteiger charge is -2.09. The lowest BCUT2D eigenvalue weighted by molar-refractivity contribution is 0.0601. The van der Waals surface area contributed by atoms with Crippen molar-refractivity contribution in [3.05, 3.63) is 42.0 Å². The third kappa shape index (κ3) is 1.99. The standard InChI is InChI=1S/C12H13N3O2/c1-8-14-5-6-15(8)11-4-3-9(7-10(11)13)12(16)17-2/h3-7H,13H2,1-2H3. The van der Waals surface area contributed by atoms with Gasteiger partial charge in [-0.25, -0.2) is 9.78 Å². The maximum Gasteiger partial charge on any atom is 0.337 e. The van der Waals surface area contributed by atoms with Gasteiger partial charge in [-0.15, -0.1) is 0 Å². The van der Waals surface area contributed by atoms with Crippen molar-refractivity contribution >= 4 is 11.7 Å². The maximum absolute atomic E-state index is 11.3. The zero-order chi connectivity index (χ0) is 12.4. The Kier molecular flexibility index (Phi) is 2.82. The monoisotopic (exact) mass is 231 g/mol. The third-order valence-corrected chi connectivity index (χ3v) is 2.53. The highest BCUT2D eigenvalue weighted by Gasteiger charge is 2.10. The molecule has 0 saturated heterocycles. The van der Waals surface area contributed by atoms with E-state index in [2.05, 4.69) is 9.72 Å². The molecule has 1 aromatic heterocycles. The van der Waals surface area contributed by atoms with Gasteiger partial charge < -0.3 is 15.0 Å². The number of carbonyl (C=O) groups is 1. The second-order valence-electron chi connectivity index (χ2n) is 3.61. The summed E-state index contributed by atoms with van der Waals surface area (Å²) in [6, 6.07) is 5.05. The molecule has 1 heterocycles. The zero-order valence-corrected chi connectivity index (χ0v) is 9.68. The first-order valence-corrected chi connectivity index (χ1v) is 5.11. The Hall–Kier alpha value is -2.30. The van der Waals surface area contributed by atoms with Crippen LogP contribution in [0.2, 0.25) is 0 Å². The molecule has 5 heteroatoms. The summed E-state index contributed by atoms with van der Waals surface area (Å²) >= 11 is 0. The summed E-state index contributed by atoms with van der Waals surface area (Å²) in [7, 11) is 1.34. The molecule has 0 aliphatic carbocycles. The van der Waals surface area contributed by atoms with Crippen LogP contribution in [0.4, 0.5) is 5.69 Å². The summed E-state index contributed by atoms with van der Waals surface area (Å²) in [5.41, 5.74) is 7.66. The third-order valence-electron chi connectivity index (χ3n) is 2.53. The number of nitrogens with zero attached hydrogens (tertiary/aromatic N) is 2. The molecule has 17 heavy (non-hydrogen) atoms. The van der Waals surface area contributed by atoms with Gasteiger partial charge in [-0.2, -0.15) is 0 Å². The van der Waals surface area contributed by atoms with E-state index in [-0.39, 0.29) is 0 Å². The number of rotatable bonds is 2. The smallest absolute Gasteiger partial charge is 0.337 e. The van der Waals surface area contributed by atoms with Gasteiger partial charge in [0.05, 0.1) is 24.0 Å². The summed E-state index contributed by atoms with van der Waals surface area (Å²) in [5, 5.41) is 0. The van der Waals surface area contributed by atoms with Crippen molar-refractivity contribution in [3.8, 4) is 5.69 Å². The summed E-state index contributed by atoms with van der Waals surface area (Å²) in [6.07, 6.45) is 3.52. The summed E-state index contributed by atoms with van der Waals surface area (Å²) in [4.78, 5) is 15.5. The number of ether oxygens (including phenoxy) is 1. The van der Waals surface area contributed by atoms with Crippen LogP contribution in [0.1, 0.15) is 16.2 Å². The molecule has 0 aliphatic rings. The largest absolute Gasteiger partial charge is 0.465 e. The number of aryl methyl sites for hydroxylation is 1. The van der Waals surface area contributed by atoms with Gasteiger partial charge in [0.2, 0.25) is 0 Å². The molecule has 0 spiro atoms. The molecule has 0 unspecified atom stereocenters. The Balaban J connectivity index is 2.46. The van der Waals surface area contributed by atoms with E-state index >= 15 is 0 Å². The van der Waals surface area contributed by atoms with Crippen molar-refractivity contribution in [3.63, 3.8) is 0 Å². The van der Waals surface area contributed by atoms with Gasteiger partial charge >= 0.3 is 5.97 Å². The van der Waals surface area contributed by atoms with Crippen LogP contribution in [0, 0.1) is 6.92 Å². The number of nitrogen functional groups attached to an aromatic ring is 1. The van der Waals surface area contributed by atoms with Gasteiger partial charge in [0.25, 0.3) is 0 Å². The van der Waals surface area contributed by atoms with Crippen LogP contribution in [-0.2, 0) is 4.74 Å². The normalized spacial score (nSPS) is 10.2. The van der Waals surface area contributed by atoms with Gasteiger partial charge in [-0.1, -0.05) is 0 Å². The zero-order valence-electron chi connectivity index (χ0n) is 9.68. The number of nitrogens with two attached hydrogens (primary N) is 1. The van der Waals surface area contributed by atoms with Crippen molar-refractivity contribution in [2.24, 2.45) is 0 Å². The average Bonchev–Trinajstić information content (AvgIpc) is 2.74. The van der Waals surface area contributed by atoms with E-state index in [9.17, 15) is 4.79 Å². The van der Waals surface area contributed by atoms with Crippen molar-refractivity contribution in [2.45, 2.75) is 6.92 Å². The quantitative estimate of drug-likeness (QED) is 0.628. The topological polar surface area (TPSA) is 70.1 Å². The fourth-order valence-electron chi connectivity index (χ4n) is 1.65. The molecule has 2 N–H and O–H groups in total. The van der Waals surface area contributed by atoms with E-state index in [1.54, 1.807) is 24.4 Å². The molecule has 0 bridgehead atoms. The molecule has 0 atom stereocenters. The van der Waals surface area contributed by atoms with Gasteiger partial charge in [0, 0.05) is 12.4 Å². The first-order chi connectivity index (χ1) is 8.13. The molecular formula is C12H13N3O2. The van der Waals surface area contributed by atoms with Crippen molar-refractivity contribution < 1.29 is 9.53 Å². The summed E-state index contributed by atoms with van der Waals surface area (Å²) in [6.45, 7) is 1.88. The fraction of sp³-hybridized carbons (Fsp3) is 0.167. The molecule has 0 fully saturated rings. The molecule has 0 radical (unpaired) electrons. The summed E-state index contributed by atoms with van der Waals surface area (Å²) < 4.78 is 6.49. The molecule has 5 nitrogen and oxygen atoms in total. The van der Waals surface area contributed by atoms with Crippen LogP contribution < -0.4 is 5.73 Å². The molecular weight excluding hydrogens is 218 g/mol. The number of esters is 1. The van der Waals surface area contributed by atoms with E-state index < -0.39 is 5.97 Å². The van der Waals surface area contributed by atoms with E-state index in [4.69, 9.17) is 5.73 Å². The van der Waals surface area contributed by atoms with Crippen LogP contribution in [0.5, 0.6) is 0 Å². The molecule has 2 aromatic rings. The Morgan fingerprint density at radius 3 is 2.76 bits per heavy atom. The van der Waals surface area contributed by atoms with E-state index in [0.717, 1.165) is 11.5 Å². The number of benzene rings is 1. The van der Waals surface area contributed by atoms with Crippen LogP contribution in [0.15, 0.2) is 30.6 Å². The number of imidazole rings is 1. The highest BCUT2D eigenvalue weighted by Crippen LogP contribution is 2.20. The van der Waals surface area contributed by atoms with Gasteiger partial charge in [-0.3, -0.25) is 0 Å². The number of hydrogen-bond acceptors (Lipinski definition) is 4. The minimum Gasteiger partial charge on any atom is -0.465 e. The minimum atomic E-state index is -0.398.